The number of carbonyl (C=O) groups excluding carboxylic acids is 1. The smallest absolute Gasteiger partial charge is 0.326 e. The first-order chi connectivity index (χ1) is 9.63. The third-order valence-electron chi connectivity index (χ3n) is 3.12. The van der Waals surface area contributed by atoms with Crippen LogP contribution in [0.3, 0.4) is 0 Å². The van der Waals surface area contributed by atoms with Crippen LogP contribution < -0.4 is 5.32 Å². The minimum absolute atomic E-state index is 0.383. The molecule has 6 nitrogen and oxygen atoms in total. The van der Waals surface area contributed by atoms with Crippen LogP contribution in [0.25, 0.3) is 5.52 Å². The molecule has 0 saturated carbocycles. The van der Waals surface area contributed by atoms with Crippen molar-refractivity contribution in [2.75, 3.05) is 0 Å². The largest absolute Gasteiger partial charge is 0.480 e. The van der Waals surface area contributed by atoms with Crippen LogP contribution in [0.1, 0.15) is 36.5 Å². The topological polar surface area (TPSA) is 83.7 Å². The van der Waals surface area contributed by atoms with E-state index in [0.717, 1.165) is 12.8 Å². The van der Waals surface area contributed by atoms with Crippen molar-refractivity contribution in [1.29, 1.82) is 0 Å². The number of aliphatic carboxylic acids is 1. The number of pyridine rings is 1. The predicted molar refractivity (Wildman–Crippen MR) is 73.6 cm³/mol. The van der Waals surface area contributed by atoms with E-state index in [-0.39, 0.29) is 0 Å². The Bertz CT molecular complexity index is 621. The molecule has 0 fully saturated rings. The van der Waals surface area contributed by atoms with Crippen molar-refractivity contribution in [3.8, 4) is 0 Å². The molecule has 0 aliphatic heterocycles. The number of unbranched alkanes of at least 4 members (excludes halogenated alkanes) is 1. The first kappa shape index (κ1) is 14.0. The Morgan fingerprint density at radius 2 is 2.25 bits per heavy atom. The van der Waals surface area contributed by atoms with Gasteiger partial charge in [0, 0.05) is 6.20 Å². The van der Waals surface area contributed by atoms with Gasteiger partial charge >= 0.3 is 5.97 Å². The van der Waals surface area contributed by atoms with Crippen LogP contribution in [-0.4, -0.2) is 32.6 Å². The van der Waals surface area contributed by atoms with Gasteiger partial charge in [-0.25, -0.2) is 9.31 Å². The third-order valence-corrected chi connectivity index (χ3v) is 3.12. The lowest BCUT2D eigenvalue weighted by molar-refractivity contribution is -0.139. The van der Waals surface area contributed by atoms with Gasteiger partial charge in [0.15, 0.2) is 0 Å². The minimum atomic E-state index is -1.01. The van der Waals surface area contributed by atoms with Gasteiger partial charge in [-0.15, -0.1) is 0 Å². The van der Waals surface area contributed by atoms with Crippen LogP contribution in [0.2, 0.25) is 0 Å². The van der Waals surface area contributed by atoms with Crippen LogP contribution in [0, 0.1) is 0 Å². The fourth-order valence-corrected chi connectivity index (χ4v) is 2.01. The number of fused-ring (bicyclic) bond motifs is 1. The number of rotatable bonds is 6. The van der Waals surface area contributed by atoms with Crippen LogP contribution in [0.4, 0.5) is 0 Å². The molecular formula is C14H17N3O3. The molecule has 6 heteroatoms. The monoisotopic (exact) mass is 275 g/mol. The molecule has 2 heterocycles. The molecule has 2 rings (SSSR count). The SMILES string of the molecule is CCCCC(NC(=O)c1cnn2ccccc12)C(=O)O. The molecule has 1 atom stereocenters. The summed E-state index contributed by atoms with van der Waals surface area (Å²) in [7, 11) is 0. The quantitative estimate of drug-likeness (QED) is 0.840. The van der Waals surface area contributed by atoms with Gasteiger partial charge in [0.2, 0.25) is 0 Å². The van der Waals surface area contributed by atoms with Crippen LogP contribution in [0.15, 0.2) is 30.6 Å². The highest BCUT2D eigenvalue weighted by Crippen LogP contribution is 2.11. The van der Waals surface area contributed by atoms with Crippen molar-refractivity contribution >= 4 is 17.4 Å². The fourth-order valence-electron chi connectivity index (χ4n) is 2.01. The van der Waals surface area contributed by atoms with Gasteiger partial charge in [-0.05, 0) is 18.6 Å². The van der Waals surface area contributed by atoms with Crippen molar-refractivity contribution in [3.63, 3.8) is 0 Å². The van der Waals surface area contributed by atoms with Crippen molar-refractivity contribution in [1.82, 2.24) is 14.9 Å². The first-order valence-corrected chi connectivity index (χ1v) is 6.59. The van der Waals surface area contributed by atoms with E-state index in [1.54, 1.807) is 22.8 Å². The van der Waals surface area contributed by atoms with E-state index >= 15 is 0 Å². The van der Waals surface area contributed by atoms with Crippen molar-refractivity contribution in [3.05, 3.63) is 36.2 Å². The maximum absolute atomic E-state index is 12.2. The van der Waals surface area contributed by atoms with E-state index in [1.807, 2.05) is 13.0 Å². The molecule has 2 aromatic rings. The Labute approximate surface area is 116 Å². The standard InChI is InChI=1S/C14H17N3O3/c1-2-3-6-11(14(19)20)16-13(18)10-9-15-17-8-5-4-7-12(10)17/h4-5,7-9,11H,2-3,6H2,1H3,(H,16,18)(H,19,20). The minimum Gasteiger partial charge on any atom is -0.480 e. The van der Waals surface area contributed by atoms with E-state index in [4.69, 9.17) is 5.11 Å². The zero-order valence-electron chi connectivity index (χ0n) is 11.2. The highest BCUT2D eigenvalue weighted by atomic mass is 16.4. The average Bonchev–Trinajstić information content (AvgIpc) is 2.87. The summed E-state index contributed by atoms with van der Waals surface area (Å²) in [6.07, 6.45) is 5.25. The van der Waals surface area contributed by atoms with Gasteiger partial charge in [-0.3, -0.25) is 4.79 Å². The Balaban J connectivity index is 2.16. The molecule has 0 spiro atoms. The first-order valence-electron chi connectivity index (χ1n) is 6.59. The summed E-state index contributed by atoms with van der Waals surface area (Å²) in [6, 6.07) is 4.52. The Hall–Kier alpha value is -2.37. The number of hydrogen-bond acceptors (Lipinski definition) is 3. The summed E-state index contributed by atoms with van der Waals surface area (Å²) < 4.78 is 1.58. The van der Waals surface area contributed by atoms with Gasteiger partial charge in [0.05, 0.1) is 17.3 Å². The molecule has 2 aromatic heterocycles. The Kier molecular flexibility index (Phi) is 4.34. The fraction of sp³-hybridized carbons (Fsp3) is 0.357. The lowest BCUT2D eigenvalue weighted by atomic mass is 10.1. The Morgan fingerprint density at radius 1 is 1.45 bits per heavy atom. The summed E-state index contributed by atoms with van der Waals surface area (Å²) in [4.78, 5) is 23.3. The second-order valence-corrected chi connectivity index (χ2v) is 4.60. The highest BCUT2D eigenvalue weighted by Gasteiger charge is 2.21. The molecule has 2 N–H and O–H groups in total. The Morgan fingerprint density at radius 3 is 2.95 bits per heavy atom. The molecule has 0 bridgehead atoms. The van der Waals surface area contributed by atoms with Gasteiger partial charge in [-0.2, -0.15) is 5.10 Å². The molecule has 0 aliphatic rings. The van der Waals surface area contributed by atoms with Crippen molar-refractivity contribution in [2.45, 2.75) is 32.2 Å². The summed E-state index contributed by atoms with van der Waals surface area (Å²) in [6.45, 7) is 1.98. The van der Waals surface area contributed by atoms with E-state index < -0.39 is 17.9 Å². The highest BCUT2D eigenvalue weighted by molar-refractivity contribution is 6.02. The van der Waals surface area contributed by atoms with Crippen LogP contribution in [0.5, 0.6) is 0 Å². The molecule has 1 unspecified atom stereocenters. The van der Waals surface area contributed by atoms with E-state index in [1.165, 1.54) is 6.20 Å². The van der Waals surface area contributed by atoms with Gasteiger partial charge in [0.25, 0.3) is 5.91 Å². The lowest BCUT2D eigenvalue weighted by Crippen LogP contribution is -2.40. The number of carboxylic acids is 1. The summed E-state index contributed by atoms with van der Waals surface area (Å²) >= 11 is 0. The van der Waals surface area contributed by atoms with E-state index in [0.29, 0.717) is 17.5 Å². The molecule has 20 heavy (non-hydrogen) atoms. The van der Waals surface area contributed by atoms with Gasteiger partial charge < -0.3 is 10.4 Å². The number of carbonyl (C=O) groups is 2. The molecule has 0 saturated heterocycles. The molecule has 0 radical (unpaired) electrons. The summed E-state index contributed by atoms with van der Waals surface area (Å²) in [5.74, 6) is -1.42. The van der Waals surface area contributed by atoms with Gasteiger partial charge in [-0.1, -0.05) is 25.8 Å². The second kappa shape index (κ2) is 6.18. The summed E-state index contributed by atoms with van der Waals surface area (Å²) in [5.41, 5.74) is 1.04. The zero-order chi connectivity index (χ0) is 14.5. The number of nitrogens with zero attached hydrogens (tertiary/aromatic N) is 2. The number of aromatic nitrogens is 2. The maximum atomic E-state index is 12.2. The predicted octanol–water partition coefficient (Wildman–Crippen LogP) is 1.71. The van der Waals surface area contributed by atoms with E-state index in [9.17, 15) is 9.59 Å². The molecule has 0 aliphatic carbocycles. The van der Waals surface area contributed by atoms with Crippen molar-refractivity contribution in [2.24, 2.45) is 0 Å². The van der Waals surface area contributed by atoms with Crippen LogP contribution in [-0.2, 0) is 4.79 Å². The number of carboxylic acid groups (broad SMARTS) is 1. The third kappa shape index (κ3) is 2.96. The van der Waals surface area contributed by atoms with Gasteiger partial charge in [0.1, 0.15) is 6.04 Å². The molecule has 0 aromatic carbocycles. The molecular weight excluding hydrogens is 258 g/mol. The maximum Gasteiger partial charge on any atom is 0.326 e. The number of amides is 1. The normalized spacial score (nSPS) is 12.2. The second-order valence-electron chi connectivity index (χ2n) is 4.60. The van der Waals surface area contributed by atoms with Crippen LogP contribution >= 0.6 is 0 Å². The average molecular weight is 275 g/mol. The zero-order valence-corrected chi connectivity index (χ0v) is 11.2. The number of nitrogens with one attached hydrogen (secondary N) is 1. The van der Waals surface area contributed by atoms with Crippen molar-refractivity contribution < 1.29 is 14.7 Å². The number of hydrogen-bond donors (Lipinski definition) is 2. The lowest BCUT2D eigenvalue weighted by Gasteiger charge is -2.13. The summed E-state index contributed by atoms with van der Waals surface area (Å²) in [5, 5.41) is 15.7. The molecule has 106 valence electrons. The van der Waals surface area contributed by atoms with E-state index in [2.05, 4.69) is 10.4 Å². The molecule has 1 amide bonds.